The minimum Gasteiger partial charge on any atom is -0.396 e. The van der Waals surface area contributed by atoms with Gasteiger partial charge in [0.25, 0.3) is 0 Å². The minimum absolute atomic E-state index is 0.0600. The summed E-state index contributed by atoms with van der Waals surface area (Å²) in [5.74, 6) is -0.656. The number of aliphatic hydroxyl groups is 1. The molecule has 0 aliphatic carbocycles. The van der Waals surface area contributed by atoms with Gasteiger partial charge in [-0.25, -0.2) is 4.39 Å². The predicted molar refractivity (Wildman–Crippen MR) is 80.3 cm³/mol. The second-order valence-electron chi connectivity index (χ2n) is 4.89. The summed E-state index contributed by atoms with van der Waals surface area (Å²) >= 11 is 11.3. The number of nitrogens with zero attached hydrogens (tertiary/aromatic N) is 1. The standard InChI is InChI=1S/C12H15Cl2FN2O3S/c13-10-5-9(6-11(14)12(10)15)16-21(19,20)17-3-1-8(7-18)2-4-17/h5-6,8,16,18H,1-4,7H2. The molecule has 0 bridgehead atoms. The van der Waals surface area contributed by atoms with E-state index in [9.17, 15) is 12.8 Å². The average molecular weight is 357 g/mol. The smallest absolute Gasteiger partial charge is 0.301 e. The zero-order chi connectivity index (χ0) is 15.6. The fourth-order valence-corrected chi connectivity index (χ4v) is 3.88. The monoisotopic (exact) mass is 356 g/mol. The Labute approximate surface area is 132 Å². The van der Waals surface area contributed by atoms with E-state index < -0.39 is 16.0 Å². The third kappa shape index (κ3) is 3.98. The lowest BCUT2D eigenvalue weighted by Crippen LogP contribution is -2.42. The maximum Gasteiger partial charge on any atom is 0.301 e. The molecule has 2 N–H and O–H groups in total. The second-order valence-corrected chi connectivity index (χ2v) is 7.37. The van der Waals surface area contributed by atoms with Gasteiger partial charge in [-0.3, -0.25) is 4.72 Å². The van der Waals surface area contributed by atoms with Crippen molar-refractivity contribution in [3.8, 4) is 0 Å². The molecular formula is C12H15Cl2FN2O3S. The van der Waals surface area contributed by atoms with E-state index in [2.05, 4.69) is 4.72 Å². The van der Waals surface area contributed by atoms with Crippen molar-refractivity contribution in [2.45, 2.75) is 12.8 Å². The Bertz CT molecular complexity index is 596. The van der Waals surface area contributed by atoms with Crippen LogP contribution in [0.15, 0.2) is 12.1 Å². The molecule has 0 aromatic heterocycles. The summed E-state index contributed by atoms with van der Waals surface area (Å²) in [5, 5.41) is 8.55. The Morgan fingerprint density at radius 3 is 2.29 bits per heavy atom. The quantitative estimate of drug-likeness (QED) is 0.814. The van der Waals surface area contributed by atoms with Gasteiger partial charge in [-0.1, -0.05) is 23.2 Å². The number of aliphatic hydroxyl groups excluding tert-OH is 1. The zero-order valence-corrected chi connectivity index (χ0v) is 13.3. The van der Waals surface area contributed by atoms with Crippen LogP contribution in [0, 0.1) is 11.7 Å². The second kappa shape index (κ2) is 6.66. The highest BCUT2D eigenvalue weighted by atomic mass is 35.5. The van der Waals surface area contributed by atoms with E-state index in [4.69, 9.17) is 28.3 Å². The van der Waals surface area contributed by atoms with E-state index >= 15 is 0 Å². The summed E-state index contributed by atoms with van der Waals surface area (Å²) in [6.45, 7) is 0.705. The van der Waals surface area contributed by atoms with E-state index in [-0.39, 0.29) is 28.3 Å². The summed E-state index contributed by atoms with van der Waals surface area (Å²) in [7, 11) is -3.75. The van der Waals surface area contributed by atoms with E-state index in [1.165, 1.54) is 16.4 Å². The van der Waals surface area contributed by atoms with Crippen molar-refractivity contribution in [3.05, 3.63) is 28.0 Å². The Hall–Kier alpha value is -0.600. The molecule has 0 spiro atoms. The third-order valence-electron chi connectivity index (χ3n) is 3.40. The van der Waals surface area contributed by atoms with Gasteiger partial charge >= 0.3 is 10.2 Å². The summed E-state index contributed by atoms with van der Waals surface area (Å²) in [6, 6.07) is 2.33. The summed E-state index contributed by atoms with van der Waals surface area (Å²) in [6.07, 6.45) is 1.20. The average Bonchev–Trinajstić information content (AvgIpc) is 2.44. The molecule has 1 saturated heterocycles. The highest BCUT2D eigenvalue weighted by Gasteiger charge is 2.28. The molecule has 1 aromatic carbocycles. The Kier molecular flexibility index (Phi) is 5.32. The van der Waals surface area contributed by atoms with Crippen LogP contribution in [0.5, 0.6) is 0 Å². The number of nitrogens with one attached hydrogen (secondary N) is 1. The van der Waals surface area contributed by atoms with E-state index in [0.717, 1.165) is 0 Å². The molecule has 1 fully saturated rings. The highest BCUT2D eigenvalue weighted by molar-refractivity contribution is 7.90. The van der Waals surface area contributed by atoms with Gasteiger partial charge in [-0.15, -0.1) is 0 Å². The maximum absolute atomic E-state index is 13.3. The van der Waals surface area contributed by atoms with E-state index in [1.54, 1.807) is 0 Å². The normalized spacial score (nSPS) is 17.9. The minimum atomic E-state index is -3.75. The molecular weight excluding hydrogens is 342 g/mol. The molecule has 1 heterocycles. The van der Waals surface area contributed by atoms with Crippen molar-refractivity contribution in [1.82, 2.24) is 4.31 Å². The topological polar surface area (TPSA) is 69.6 Å². The molecule has 0 amide bonds. The van der Waals surface area contributed by atoms with Gasteiger partial charge in [0.1, 0.15) is 0 Å². The van der Waals surface area contributed by atoms with Gasteiger partial charge in [0.05, 0.1) is 15.7 Å². The van der Waals surface area contributed by atoms with Crippen LogP contribution in [0.3, 0.4) is 0 Å². The van der Waals surface area contributed by atoms with Gasteiger partial charge < -0.3 is 5.11 Å². The van der Waals surface area contributed by atoms with Crippen LogP contribution < -0.4 is 4.72 Å². The third-order valence-corrected chi connectivity index (χ3v) is 5.49. The van der Waals surface area contributed by atoms with Crippen molar-refractivity contribution in [2.75, 3.05) is 24.4 Å². The van der Waals surface area contributed by atoms with Crippen molar-refractivity contribution in [1.29, 1.82) is 0 Å². The molecule has 5 nitrogen and oxygen atoms in total. The van der Waals surface area contributed by atoms with Crippen molar-refractivity contribution in [3.63, 3.8) is 0 Å². The van der Waals surface area contributed by atoms with Crippen molar-refractivity contribution >= 4 is 39.1 Å². The Morgan fingerprint density at radius 1 is 1.29 bits per heavy atom. The molecule has 0 atom stereocenters. The van der Waals surface area contributed by atoms with E-state index in [0.29, 0.717) is 25.9 Å². The molecule has 1 aromatic rings. The summed E-state index contributed by atoms with van der Waals surface area (Å²) in [4.78, 5) is 0. The number of halogens is 3. The first-order chi connectivity index (χ1) is 9.83. The van der Waals surface area contributed by atoms with E-state index in [1.807, 2.05) is 0 Å². The predicted octanol–water partition coefficient (Wildman–Crippen LogP) is 2.49. The zero-order valence-electron chi connectivity index (χ0n) is 11.0. The maximum atomic E-state index is 13.3. The van der Waals surface area contributed by atoms with Crippen molar-refractivity contribution < 1.29 is 17.9 Å². The van der Waals surface area contributed by atoms with Gasteiger partial charge in [0, 0.05) is 19.7 Å². The molecule has 1 aliphatic rings. The molecule has 9 heteroatoms. The van der Waals surface area contributed by atoms with Crippen LogP contribution in [0.2, 0.25) is 10.0 Å². The molecule has 118 valence electrons. The molecule has 0 radical (unpaired) electrons. The number of anilines is 1. The van der Waals surface area contributed by atoms with Crippen LogP contribution in [0.1, 0.15) is 12.8 Å². The Balaban J connectivity index is 2.11. The fourth-order valence-electron chi connectivity index (χ4n) is 2.16. The first kappa shape index (κ1) is 16.8. The molecule has 0 unspecified atom stereocenters. The fraction of sp³-hybridized carbons (Fsp3) is 0.500. The Morgan fingerprint density at radius 2 is 1.81 bits per heavy atom. The van der Waals surface area contributed by atoms with Gasteiger partial charge in [0.2, 0.25) is 0 Å². The van der Waals surface area contributed by atoms with Crippen LogP contribution in [-0.4, -0.2) is 37.5 Å². The van der Waals surface area contributed by atoms with Crippen LogP contribution in [0.4, 0.5) is 10.1 Å². The first-order valence-corrected chi connectivity index (χ1v) is 8.56. The number of hydrogen-bond donors (Lipinski definition) is 2. The first-order valence-electron chi connectivity index (χ1n) is 6.37. The van der Waals surface area contributed by atoms with Crippen LogP contribution in [-0.2, 0) is 10.2 Å². The van der Waals surface area contributed by atoms with Crippen LogP contribution in [0.25, 0.3) is 0 Å². The molecule has 0 saturated carbocycles. The SMILES string of the molecule is O=S(=O)(Nc1cc(Cl)c(F)c(Cl)c1)N1CCC(CO)CC1. The number of piperidine rings is 1. The highest BCUT2D eigenvalue weighted by Crippen LogP contribution is 2.28. The lowest BCUT2D eigenvalue weighted by molar-refractivity contribution is 0.170. The van der Waals surface area contributed by atoms with Crippen LogP contribution >= 0.6 is 23.2 Å². The molecule has 21 heavy (non-hydrogen) atoms. The van der Waals surface area contributed by atoms with Gasteiger partial charge in [-0.05, 0) is 30.9 Å². The molecule has 1 aliphatic heterocycles. The van der Waals surface area contributed by atoms with Crippen molar-refractivity contribution in [2.24, 2.45) is 5.92 Å². The lowest BCUT2D eigenvalue weighted by Gasteiger charge is -2.30. The lowest BCUT2D eigenvalue weighted by atomic mass is 10.00. The molecule has 2 rings (SSSR count). The number of rotatable bonds is 4. The number of benzene rings is 1. The largest absolute Gasteiger partial charge is 0.396 e. The number of hydrogen-bond acceptors (Lipinski definition) is 3. The van der Waals surface area contributed by atoms with Gasteiger partial charge in [0.15, 0.2) is 5.82 Å². The summed E-state index contributed by atoms with van der Waals surface area (Å²) < 4.78 is 41.4. The summed E-state index contributed by atoms with van der Waals surface area (Å²) in [5.41, 5.74) is 0.107. The van der Waals surface area contributed by atoms with Gasteiger partial charge in [-0.2, -0.15) is 12.7 Å².